The van der Waals surface area contributed by atoms with E-state index >= 15 is 0 Å². The standard InChI is InChI=1S/C13H25N3O/c1-14-8-5-9-16-10-12(15-13(16)17)11-6-3-2-4-7-11/h11-12,14H,2-10H2,1H3,(H,15,17). The molecule has 1 aliphatic carbocycles. The average Bonchev–Trinajstić information content (AvgIpc) is 2.73. The molecular weight excluding hydrogens is 214 g/mol. The quantitative estimate of drug-likeness (QED) is 0.715. The minimum absolute atomic E-state index is 0.150. The Hall–Kier alpha value is -0.770. The Labute approximate surface area is 104 Å². The fraction of sp³-hybridized carbons (Fsp3) is 0.923. The summed E-state index contributed by atoms with van der Waals surface area (Å²) in [6.07, 6.45) is 7.71. The first-order valence-electron chi connectivity index (χ1n) is 7.01. The van der Waals surface area contributed by atoms with Gasteiger partial charge in [-0.15, -0.1) is 0 Å². The van der Waals surface area contributed by atoms with Crippen molar-refractivity contribution in [1.82, 2.24) is 15.5 Å². The maximum Gasteiger partial charge on any atom is 0.317 e. The van der Waals surface area contributed by atoms with Crippen LogP contribution in [0.25, 0.3) is 0 Å². The SMILES string of the molecule is CNCCCN1CC(C2CCCCC2)NC1=O. The van der Waals surface area contributed by atoms with Crippen molar-refractivity contribution in [2.45, 2.75) is 44.6 Å². The molecule has 0 aromatic rings. The Balaban J connectivity index is 1.77. The maximum atomic E-state index is 11.8. The Morgan fingerprint density at radius 3 is 2.82 bits per heavy atom. The third kappa shape index (κ3) is 3.35. The topological polar surface area (TPSA) is 44.4 Å². The van der Waals surface area contributed by atoms with Gasteiger partial charge in [-0.05, 0) is 38.8 Å². The van der Waals surface area contributed by atoms with Gasteiger partial charge in [0.05, 0.1) is 6.04 Å². The minimum Gasteiger partial charge on any atom is -0.333 e. The molecule has 1 saturated heterocycles. The summed E-state index contributed by atoms with van der Waals surface area (Å²) in [5.74, 6) is 0.724. The predicted octanol–water partition coefficient (Wildman–Crippen LogP) is 1.57. The van der Waals surface area contributed by atoms with E-state index < -0.39 is 0 Å². The van der Waals surface area contributed by atoms with Gasteiger partial charge in [-0.1, -0.05) is 19.3 Å². The summed E-state index contributed by atoms with van der Waals surface area (Å²) in [5, 5.41) is 6.29. The van der Waals surface area contributed by atoms with Crippen LogP contribution in [0, 0.1) is 5.92 Å². The van der Waals surface area contributed by atoms with Crippen molar-refractivity contribution >= 4 is 6.03 Å². The molecule has 2 N–H and O–H groups in total. The molecule has 2 aliphatic rings. The average molecular weight is 239 g/mol. The van der Waals surface area contributed by atoms with Crippen LogP contribution >= 0.6 is 0 Å². The lowest BCUT2D eigenvalue weighted by molar-refractivity contribution is 0.216. The van der Waals surface area contributed by atoms with Crippen LogP contribution in [0.2, 0.25) is 0 Å². The van der Waals surface area contributed by atoms with Gasteiger partial charge in [0, 0.05) is 13.1 Å². The van der Waals surface area contributed by atoms with Crippen molar-refractivity contribution in [1.29, 1.82) is 0 Å². The first kappa shape index (κ1) is 12.7. The Morgan fingerprint density at radius 1 is 1.35 bits per heavy atom. The van der Waals surface area contributed by atoms with Gasteiger partial charge in [-0.25, -0.2) is 4.79 Å². The molecule has 1 aliphatic heterocycles. The van der Waals surface area contributed by atoms with Gasteiger partial charge in [-0.3, -0.25) is 0 Å². The van der Waals surface area contributed by atoms with E-state index in [2.05, 4.69) is 10.6 Å². The van der Waals surface area contributed by atoms with Gasteiger partial charge in [0.25, 0.3) is 0 Å². The van der Waals surface area contributed by atoms with E-state index in [-0.39, 0.29) is 6.03 Å². The van der Waals surface area contributed by atoms with E-state index in [1.54, 1.807) is 0 Å². The van der Waals surface area contributed by atoms with E-state index in [9.17, 15) is 4.79 Å². The van der Waals surface area contributed by atoms with E-state index in [0.717, 1.165) is 32.0 Å². The molecule has 17 heavy (non-hydrogen) atoms. The zero-order valence-electron chi connectivity index (χ0n) is 10.9. The lowest BCUT2D eigenvalue weighted by atomic mass is 9.84. The number of urea groups is 1. The summed E-state index contributed by atoms with van der Waals surface area (Å²) in [4.78, 5) is 13.8. The number of hydrogen-bond acceptors (Lipinski definition) is 2. The number of nitrogens with zero attached hydrogens (tertiary/aromatic N) is 1. The maximum absolute atomic E-state index is 11.8. The smallest absolute Gasteiger partial charge is 0.317 e. The molecule has 0 bridgehead atoms. The van der Waals surface area contributed by atoms with Crippen LogP contribution in [0.15, 0.2) is 0 Å². The number of amides is 2. The number of rotatable bonds is 5. The second-order valence-electron chi connectivity index (χ2n) is 5.36. The molecule has 2 rings (SSSR count). The van der Waals surface area contributed by atoms with E-state index in [0.29, 0.717) is 6.04 Å². The minimum atomic E-state index is 0.150. The van der Waals surface area contributed by atoms with Crippen LogP contribution in [-0.2, 0) is 0 Å². The van der Waals surface area contributed by atoms with Gasteiger partial charge in [-0.2, -0.15) is 0 Å². The third-order valence-electron chi connectivity index (χ3n) is 4.09. The molecule has 0 aromatic heterocycles. The molecule has 4 nitrogen and oxygen atoms in total. The van der Waals surface area contributed by atoms with E-state index in [4.69, 9.17) is 0 Å². The Bertz CT molecular complexity index is 251. The van der Waals surface area contributed by atoms with Crippen LogP contribution in [0.5, 0.6) is 0 Å². The van der Waals surface area contributed by atoms with Crippen molar-refractivity contribution in [2.75, 3.05) is 26.7 Å². The normalized spacial score (nSPS) is 26.3. The van der Waals surface area contributed by atoms with Crippen molar-refractivity contribution < 1.29 is 4.79 Å². The zero-order valence-corrected chi connectivity index (χ0v) is 10.9. The molecule has 98 valence electrons. The summed E-state index contributed by atoms with van der Waals surface area (Å²) >= 11 is 0. The fourth-order valence-corrected chi connectivity index (χ4v) is 3.06. The van der Waals surface area contributed by atoms with Crippen LogP contribution < -0.4 is 10.6 Å². The molecular formula is C13H25N3O. The first-order chi connectivity index (χ1) is 8.31. The molecule has 0 aromatic carbocycles. The third-order valence-corrected chi connectivity index (χ3v) is 4.09. The summed E-state index contributed by atoms with van der Waals surface area (Å²) in [6, 6.07) is 0.564. The predicted molar refractivity (Wildman–Crippen MR) is 69.0 cm³/mol. The van der Waals surface area contributed by atoms with Gasteiger partial charge >= 0.3 is 6.03 Å². The molecule has 2 fully saturated rings. The van der Waals surface area contributed by atoms with E-state index in [1.807, 2.05) is 11.9 Å². The molecule has 0 spiro atoms. The molecule has 1 atom stereocenters. The fourth-order valence-electron chi connectivity index (χ4n) is 3.06. The van der Waals surface area contributed by atoms with Crippen LogP contribution in [0.1, 0.15) is 38.5 Å². The second kappa shape index (κ2) is 6.24. The number of carbonyl (C=O) groups excluding carboxylic acids is 1. The first-order valence-corrected chi connectivity index (χ1v) is 7.01. The monoisotopic (exact) mass is 239 g/mol. The van der Waals surface area contributed by atoms with Crippen LogP contribution in [-0.4, -0.2) is 43.7 Å². The number of carbonyl (C=O) groups is 1. The van der Waals surface area contributed by atoms with Crippen LogP contribution in [0.3, 0.4) is 0 Å². The number of hydrogen-bond donors (Lipinski definition) is 2. The molecule has 2 amide bonds. The van der Waals surface area contributed by atoms with Crippen molar-refractivity contribution in [3.05, 3.63) is 0 Å². The lowest BCUT2D eigenvalue weighted by Gasteiger charge is -2.26. The molecule has 1 unspecified atom stereocenters. The van der Waals surface area contributed by atoms with Crippen molar-refractivity contribution in [3.63, 3.8) is 0 Å². The zero-order chi connectivity index (χ0) is 12.1. The highest BCUT2D eigenvalue weighted by atomic mass is 16.2. The molecule has 1 saturated carbocycles. The second-order valence-corrected chi connectivity index (χ2v) is 5.36. The summed E-state index contributed by atoms with van der Waals surface area (Å²) < 4.78 is 0. The van der Waals surface area contributed by atoms with Gasteiger partial charge in [0.1, 0.15) is 0 Å². The van der Waals surface area contributed by atoms with Gasteiger partial charge in [0.2, 0.25) is 0 Å². The highest BCUT2D eigenvalue weighted by Gasteiger charge is 2.33. The lowest BCUT2D eigenvalue weighted by Crippen LogP contribution is -2.35. The summed E-state index contributed by atoms with van der Waals surface area (Å²) in [7, 11) is 1.95. The largest absolute Gasteiger partial charge is 0.333 e. The summed E-state index contributed by atoms with van der Waals surface area (Å²) in [5.41, 5.74) is 0. The van der Waals surface area contributed by atoms with Crippen LogP contribution in [0.4, 0.5) is 4.79 Å². The van der Waals surface area contributed by atoms with Gasteiger partial charge < -0.3 is 15.5 Å². The number of nitrogens with one attached hydrogen (secondary N) is 2. The van der Waals surface area contributed by atoms with Crippen molar-refractivity contribution in [2.24, 2.45) is 5.92 Å². The van der Waals surface area contributed by atoms with E-state index in [1.165, 1.54) is 32.1 Å². The van der Waals surface area contributed by atoms with Crippen molar-refractivity contribution in [3.8, 4) is 0 Å². The summed E-state index contributed by atoms with van der Waals surface area (Å²) in [6.45, 7) is 2.79. The Kier molecular flexibility index (Phi) is 4.66. The highest BCUT2D eigenvalue weighted by Crippen LogP contribution is 2.28. The molecule has 4 heteroatoms. The highest BCUT2D eigenvalue weighted by molar-refractivity contribution is 5.76. The van der Waals surface area contributed by atoms with Gasteiger partial charge in [0.15, 0.2) is 0 Å². The Morgan fingerprint density at radius 2 is 2.12 bits per heavy atom. The molecule has 1 heterocycles. The molecule has 0 radical (unpaired) electrons.